The lowest BCUT2D eigenvalue weighted by molar-refractivity contribution is 0.414. The van der Waals surface area contributed by atoms with Gasteiger partial charge in [0.05, 0.1) is 12.8 Å². The first-order chi connectivity index (χ1) is 13.3. The number of ether oxygens (including phenoxy) is 1. The third-order valence-corrected chi connectivity index (χ3v) is 5.19. The van der Waals surface area contributed by atoms with Crippen LogP contribution in [0.4, 0.5) is 5.13 Å². The van der Waals surface area contributed by atoms with Gasteiger partial charge in [0.1, 0.15) is 5.75 Å². The molecule has 3 aromatic carbocycles. The lowest BCUT2D eigenvalue weighted by Crippen LogP contribution is -1.98. The Kier molecular flexibility index (Phi) is 5.17. The summed E-state index contributed by atoms with van der Waals surface area (Å²) in [4.78, 5) is 4.71. The van der Waals surface area contributed by atoms with Crippen molar-refractivity contribution >= 4 is 16.5 Å². The minimum Gasteiger partial charge on any atom is -0.497 e. The summed E-state index contributed by atoms with van der Waals surface area (Å²) in [5, 5.41) is 6.41. The van der Waals surface area contributed by atoms with Crippen molar-refractivity contribution in [2.24, 2.45) is 0 Å². The predicted octanol–water partition coefficient (Wildman–Crippen LogP) is 6.10. The predicted molar refractivity (Wildman–Crippen MR) is 113 cm³/mol. The number of nitrogens with one attached hydrogen (secondary N) is 1. The van der Waals surface area contributed by atoms with Crippen LogP contribution in [0, 0.1) is 0 Å². The molecule has 0 spiro atoms. The van der Waals surface area contributed by atoms with Crippen molar-refractivity contribution in [2.75, 3.05) is 12.4 Å². The van der Waals surface area contributed by atoms with E-state index in [1.165, 1.54) is 16.7 Å². The van der Waals surface area contributed by atoms with E-state index in [-0.39, 0.29) is 0 Å². The molecular weight excluding hydrogens is 352 g/mol. The van der Waals surface area contributed by atoms with E-state index in [4.69, 9.17) is 9.72 Å². The number of nitrogens with zero attached hydrogens (tertiary/aromatic N) is 1. The van der Waals surface area contributed by atoms with Crippen molar-refractivity contribution < 1.29 is 4.74 Å². The molecule has 4 aromatic rings. The number of hydrogen-bond acceptors (Lipinski definition) is 4. The first kappa shape index (κ1) is 17.3. The lowest BCUT2D eigenvalue weighted by Gasteiger charge is -2.05. The molecule has 0 unspecified atom stereocenters. The molecule has 0 bridgehead atoms. The molecule has 1 aromatic heterocycles. The number of rotatable bonds is 6. The quantitative estimate of drug-likeness (QED) is 0.444. The highest BCUT2D eigenvalue weighted by Crippen LogP contribution is 2.28. The first-order valence-electron chi connectivity index (χ1n) is 8.80. The highest BCUT2D eigenvalue weighted by Gasteiger charge is 2.05. The smallest absolute Gasteiger partial charge is 0.183 e. The summed E-state index contributed by atoms with van der Waals surface area (Å²) in [7, 11) is 1.68. The summed E-state index contributed by atoms with van der Waals surface area (Å²) in [5.74, 6) is 0.870. The zero-order chi connectivity index (χ0) is 18.5. The Hall–Kier alpha value is -3.11. The third kappa shape index (κ3) is 4.18. The van der Waals surface area contributed by atoms with Crippen LogP contribution in [0.1, 0.15) is 5.56 Å². The SMILES string of the molecule is COc1ccc(CNc2nc(-c3ccc(-c4ccccc4)cc3)cs2)cc1. The average molecular weight is 372 g/mol. The number of anilines is 1. The fourth-order valence-electron chi connectivity index (χ4n) is 2.87. The Labute approximate surface area is 163 Å². The molecule has 0 atom stereocenters. The van der Waals surface area contributed by atoms with E-state index in [2.05, 4.69) is 71.4 Å². The minimum atomic E-state index is 0.740. The molecule has 0 amide bonds. The van der Waals surface area contributed by atoms with Gasteiger partial charge in [0, 0.05) is 17.5 Å². The van der Waals surface area contributed by atoms with E-state index in [9.17, 15) is 0 Å². The summed E-state index contributed by atoms with van der Waals surface area (Å²) >= 11 is 1.62. The maximum Gasteiger partial charge on any atom is 0.183 e. The molecule has 134 valence electrons. The van der Waals surface area contributed by atoms with Crippen LogP contribution in [0.25, 0.3) is 22.4 Å². The van der Waals surface area contributed by atoms with Crippen LogP contribution in [0.5, 0.6) is 5.75 Å². The van der Waals surface area contributed by atoms with Crippen LogP contribution < -0.4 is 10.1 Å². The van der Waals surface area contributed by atoms with Crippen LogP contribution in [0.3, 0.4) is 0 Å². The van der Waals surface area contributed by atoms with Gasteiger partial charge in [-0.2, -0.15) is 0 Å². The molecule has 0 saturated heterocycles. The molecule has 3 nitrogen and oxygen atoms in total. The summed E-state index contributed by atoms with van der Waals surface area (Å²) in [6.45, 7) is 0.740. The van der Waals surface area contributed by atoms with Crippen molar-refractivity contribution in [3.05, 3.63) is 89.8 Å². The summed E-state index contributed by atoms with van der Waals surface area (Å²) in [6, 6.07) is 27.0. The maximum absolute atomic E-state index is 5.19. The zero-order valence-corrected chi connectivity index (χ0v) is 15.9. The van der Waals surface area contributed by atoms with Gasteiger partial charge in [-0.05, 0) is 28.8 Å². The Morgan fingerprint density at radius 2 is 1.48 bits per heavy atom. The number of thiazole rings is 1. The molecule has 1 heterocycles. The number of aromatic nitrogens is 1. The summed E-state index contributed by atoms with van der Waals surface area (Å²) < 4.78 is 5.19. The normalized spacial score (nSPS) is 10.6. The highest BCUT2D eigenvalue weighted by molar-refractivity contribution is 7.14. The maximum atomic E-state index is 5.19. The second-order valence-electron chi connectivity index (χ2n) is 6.18. The molecule has 27 heavy (non-hydrogen) atoms. The average Bonchev–Trinajstić information content (AvgIpc) is 3.22. The molecule has 0 saturated carbocycles. The standard InChI is InChI=1S/C23H20N2OS/c1-26-21-13-7-17(8-14-21)15-24-23-25-22(16-27-23)20-11-9-19(10-12-20)18-5-3-2-4-6-18/h2-14,16H,15H2,1H3,(H,24,25). The Morgan fingerprint density at radius 3 is 2.19 bits per heavy atom. The molecule has 0 fully saturated rings. The summed E-state index contributed by atoms with van der Waals surface area (Å²) in [5.41, 5.74) is 5.76. The number of benzene rings is 3. The largest absolute Gasteiger partial charge is 0.497 e. The Morgan fingerprint density at radius 1 is 0.815 bits per heavy atom. The Bertz CT molecular complexity index is 993. The molecule has 0 aliphatic rings. The van der Waals surface area contributed by atoms with E-state index >= 15 is 0 Å². The van der Waals surface area contributed by atoms with Crippen LogP contribution in [-0.2, 0) is 6.54 Å². The van der Waals surface area contributed by atoms with Gasteiger partial charge in [-0.1, -0.05) is 66.7 Å². The molecule has 4 heteroatoms. The zero-order valence-electron chi connectivity index (χ0n) is 15.1. The van der Waals surface area contributed by atoms with Crippen molar-refractivity contribution in [1.82, 2.24) is 4.98 Å². The van der Waals surface area contributed by atoms with Gasteiger partial charge in [-0.3, -0.25) is 0 Å². The van der Waals surface area contributed by atoms with Gasteiger partial charge in [0.2, 0.25) is 0 Å². The lowest BCUT2D eigenvalue weighted by atomic mass is 10.0. The van der Waals surface area contributed by atoms with Gasteiger partial charge in [0.15, 0.2) is 5.13 Å². The van der Waals surface area contributed by atoms with Crippen LogP contribution in [-0.4, -0.2) is 12.1 Å². The van der Waals surface area contributed by atoms with Gasteiger partial charge in [0.25, 0.3) is 0 Å². The van der Waals surface area contributed by atoms with Crippen LogP contribution in [0.2, 0.25) is 0 Å². The second-order valence-corrected chi connectivity index (χ2v) is 7.04. The molecule has 0 aliphatic heterocycles. The van der Waals surface area contributed by atoms with E-state index in [0.717, 1.165) is 28.7 Å². The van der Waals surface area contributed by atoms with Gasteiger partial charge in [-0.25, -0.2) is 4.98 Å². The molecule has 1 N–H and O–H groups in total. The minimum absolute atomic E-state index is 0.740. The van der Waals surface area contributed by atoms with Crippen LogP contribution in [0.15, 0.2) is 84.2 Å². The Balaban J connectivity index is 1.42. The fraction of sp³-hybridized carbons (Fsp3) is 0.0870. The van der Waals surface area contributed by atoms with E-state index in [1.54, 1.807) is 18.4 Å². The monoisotopic (exact) mass is 372 g/mol. The van der Waals surface area contributed by atoms with E-state index in [0.29, 0.717) is 0 Å². The molecule has 0 aliphatic carbocycles. The number of methoxy groups -OCH3 is 1. The third-order valence-electron chi connectivity index (χ3n) is 4.39. The molecule has 0 radical (unpaired) electrons. The molecular formula is C23H20N2OS. The highest BCUT2D eigenvalue weighted by atomic mass is 32.1. The summed E-state index contributed by atoms with van der Waals surface area (Å²) in [6.07, 6.45) is 0. The first-order valence-corrected chi connectivity index (χ1v) is 9.68. The molecule has 4 rings (SSSR count). The van der Waals surface area contributed by atoms with E-state index < -0.39 is 0 Å². The van der Waals surface area contributed by atoms with Gasteiger partial charge < -0.3 is 10.1 Å². The second kappa shape index (κ2) is 8.06. The van der Waals surface area contributed by atoms with Crippen LogP contribution >= 0.6 is 11.3 Å². The van der Waals surface area contributed by atoms with E-state index in [1.807, 2.05) is 18.2 Å². The number of hydrogen-bond donors (Lipinski definition) is 1. The fourth-order valence-corrected chi connectivity index (χ4v) is 3.59. The topological polar surface area (TPSA) is 34.1 Å². The van der Waals surface area contributed by atoms with Crippen molar-refractivity contribution in [3.63, 3.8) is 0 Å². The van der Waals surface area contributed by atoms with Gasteiger partial charge in [-0.15, -0.1) is 11.3 Å². The van der Waals surface area contributed by atoms with Crippen molar-refractivity contribution in [3.8, 4) is 28.1 Å². The van der Waals surface area contributed by atoms with Gasteiger partial charge >= 0.3 is 0 Å². The van der Waals surface area contributed by atoms with Crippen molar-refractivity contribution in [1.29, 1.82) is 0 Å². The van der Waals surface area contributed by atoms with Crippen molar-refractivity contribution in [2.45, 2.75) is 6.54 Å².